The van der Waals surface area contributed by atoms with Crippen molar-refractivity contribution in [3.05, 3.63) is 53.2 Å². The predicted octanol–water partition coefficient (Wildman–Crippen LogP) is 4.88. The molecule has 0 spiro atoms. The number of ether oxygens (including phenoxy) is 2. The number of nitrogens with one attached hydrogen (secondary N) is 1. The van der Waals surface area contributed by atoms with Gasteiger partial charge in [0.2, 0.25) is 5.91 Å². The molecule has 4 rings (SSSR count). The molecule has 0 atom stereocenters. The number of rotatable bonds is 10. The number of hydrogen-bond acceptors (Lipinski definition) is 11. The Hall–Kier alpha value is -3.35. The third kappa shape index (κ3) is 6.45. The Bertz CT molecular complexity index is 1350. The summed E-state index contributed by atoms with van der Waals surface area (Å²) in [6.45, 7) is 4.01. The molecule has 4 aromatic rings. The summed E-state index contributed by atoms with van der Waals surface area (Å²) >= 11 is 4.07. The molecule has 0 unspecified atom stereocenters. The van der Waals surface area contributed by atoms with Gasteiger partial charge in [0.15, 0.2) is 5.13 Å². The molecule has 0 aliphatic rings. The zero-order chi connectivity index (χ0) is 25.5. The third-order valence-corrected chi connectivity index (χ3v) is 7.73. The largest absolute Gasteiger partial charge is 0.496 e. The molecule has 9 nitrogen and oxygen atoms in total. The Morgan fingerprint density at radius 2 is 1.94 bits per heavy atom. The summed E-state index contributed by atoms with van der Waals surface area (Å²) in [6, 6.07) is 11.5. The lowest BCUT2D eigenvalue weighted by Gasteiger charge is -2.04. The highest BCUT2D eigenvalue weighted by Crippen LogP contribution is 2.38. The SMILES string of the molecule is CCOC(=O)Cc1csc(NC(=O)CSc2ccc(-c3sc(-c4ccccc4OC)nc3C)nn2)n1. The molecule has 12 heteroatoms. The molecule has 186 valence electrons. The molecule has 36 heavy (non-hydrogen) atoms. The molecule has 1 N–H and O–H groups in total. The van der Waals surface area contributed by atoms with Crippen molar-refractivity contribution in [2.75, 3.05) is 24.8 Å². The Morgan fingerprint density at radius 3 is 2.69 bits per heavy atom. The van der Waals surface area contributed by atoms with E-state index in [4.69, 9.17) is 14.5 Å². The minimum Gasteiger partial charge on any atom is -0.496 e. The van der Waals surface area contributed by atoms with Gasteiger partial charge in [0.1, 0.15) is 21.5 Å². The number of para-hydroxylation sites is 1. The summed E-state index contributed by atoms with van der Waals surface area (Å²) in [5.74, 6) is 0.352. The van der Waals surface area contributed by atoms with E-state index in [0.29, 0.717) is 22.5 Å². The monoisotopic (exact) mass is 541 g/mol. The molecule has 0 saturated heterocycles. The molecule has 0 aliphatic heterocycles. The van der Waals surface area contributed by atoms with Gasteiger partial charge in [0.25, 0.3) is 0 Å². The highest BCUT2D eigenvalue weighted by atomic mass is 32.2. The highest BCUT2D eigenvalue weighted by molar-refractivity contribution is 7.99. The fourth-order valence-electron chi connectivity index (χ4n) is 3.19. The average molecular weight is 542 g/mol. The van der Waals surface area contributed by atoms with Crippen molar-refractivity contribution in [1.82, 2.24) is 20.2 Å². The number of benzene rings is 1. The summed E-state index contributed by atoms with van der Waals surface area (Å²) in [6.07, 6.45) is 0.0799. The first kappa shape index (κ1) is 25.7. The number of carbonyl (C=O) groups is 2. The summed E-state index contributed by atoms with van der Waals surface area (Å²) in [5, 5.41) is 15.0. The molecule has 3 heterocycles. The van der Waals surface area contributed by atoms with Crippen LogP contribution in [0.3, 0.4) is 0 Å². The first-order valence-corrected chi connectivity index (χ1v) is 13.6. The van der Waals surface area contributed by atoms with Crippen molar-refractivity contribution in [2.24, 2.45) is 0 Å². The lowest BCUT2D eigenvalue weighted by molar-refractivity contribution is -0.142. The van der Waals surface area contributed by atoms with Crippen LogP contribution >= 0.6 is 34.4 Å². The van der Waals surface area contributed by atoms with Crippen molar-refractivity contribution < 1.29 is 19.1 Å². The molecule has 1 amide bonds. The predicted molar refractivity (Wildman–Crippen MR) is 142 cm³/mol. The van der Waals surface area contributed by atoms with E-state index in [1.165, 1.54) is 34.4 Å². The van der Waals surface area contributed by atoms with E-state index in [1.54, 1.807) is 19.4 Å². The van der Waals surface area contributed by atoms with Crippen molar-refractivity contribution in [2.45, 2.75) is 25.3 Å². The third-order valence-electron chi connectivity index (χ3n) is 4.79. The van der Waals surface area contributed by atoms with Gasteiger partial charge < -0.3 is 14.8 Å². The molecule has 0 radical (unpaired) electrons. The minimum absolute atomic E-state index is 0.0799. The second kappa shape index (κ2) is 12.1. The van der Waals surface area contributed by atoms with Crippen molar-refractivity contribution in [3.63, 3.8) is 0 Å². The maximum atomic E-state index is 12.3. The standard InChI is InChI=1S/C24H23N5O4S3/c1-4-33-21(31)11-15-12-35-24(26-15)27-19(30)13-34-20-10-9-17(28-29-20)22-14(2)25-23(36-22)16-7-5-6-8-18(16)32-3/h5-10,12H,4,11,13H2,1-3H3,(H,26,27,30). The smallest absolute Gasteiger partial charge is 0.311 e. The average Bonchev–Trinajstić information content (AvgIpc) is 3.49. The van der Waals surface area contributed by atoms with Gasteiger partial charge in [-0.25, -0.2) is 9.97 Å². The first-order chi connectivity index (χ1) is 17.5. The van der Waals surface area contributed by atoms with Crippen LogP contribution in [0.25, 0.3) is 21.1 Å². The number of nitrogens with zero attached hydrogens (tertiary/aromatic N) is 4. The van der Waals surface area contributed by atoms with Crippen LogP contribution in [0.5, 0.6) is 5.75 Å². The fraction of sp³-hybridized carbons (Fsp3) is 0.250. The van der Waals surface area contributed by atoms with Gasteiger partial charge in [0, 0.05) is 5.38 Å². The Morgan fingerprint density at radius 1 is 1.11 bits per heavy atom. The van der Waals surface area contributed by atoms with E-state index >= 15 is 0 Å². The fourth-order valence-corrected chi connectivity index (χ4v) is 5.59. The normalized spacial score (nSPS) is 10.8. The van der Waals surface area contributed by atoms with Gasteiger partial charge in [-0.1, -0.05) is 23.9 Å². The van der Waals surface area contributed by atoms with Crippen LogP contribution in [0.15, 0.2) is 46.8 Å². The molecule has 1 aromatic carbocycles. The van der Waals surface area contributed by atoms with Gasteiger partial charge in [-0.05, 0) is 38.1 Å². The molecule has 0 aliphatic carbocycles. The minimum atomic E-state index is -0.345. The second-order valence-corrected chi connectivity index (χ2v) is 10.2. The summed E-state index contributed by atoms with van der Waals surface area (Å²) in [4.78, 5) is 33.8. The molecule has 3 aromatic heterocycles. The van der Waals surface area contributed by atoms with E-state index in [1.807, 2.05) is 43.3 Å². The van der Waals surface area contributed by atoms with Crippen LogP contribution in [-0.2, 0) is 20.7 Å². The van der Waals surface area contributed by atoms with E-state index in [2.05, 4.69) is 20.5 Å². The van der Waals surface area contributed by atoms with Crippen LogP contribution in [0.2, 0.25) is 0 Å². The van der Waals surface area contributed by atoms with Gasteiger partial charge in [-0.3, -0.25) is 9.59 Å². The van der Waals surface area contributed by atoms with Crippen LogP contribution < -0.4 is 10.1 Å². The molecule has 0 fully saturated rings. The van der Waals surface area contributed by atoms with Gasteiger partial charge in [-0.15, -0.1) is 32.9 Å². The maximum Gasteiger partial charge on any atom is 0.311 e. The van der Waals surface area contributed by atoms with Crippen molar-refractivity contribution in [1.29, 1.82) is 0 Å². The lowest BCUT2D eigenvalue weighted by atomic mass is 10.2. The summed E-state index contributed by atoms with van der Waals surface area (Å²) in [7, 11) is 1.64. The van der Waals surface area contributed by atoms with Crippen LogP contribution in [-0.4, -0.2) is 51.5 Å². The number of thiazole rings is 2. The Kier molecular flexibility index (Phi) is 8.62. The number of esters is 1. The zero-order valence-electron chi connectivity index (χ0n) is 19.8. The topological polar surface area (TPSA) is 116 Å². The number of hydrogen-bond donors (Lipinski definition) is 1. The molecule has 0 bridgehead atoms. The Labute approximate surface area is 220 Å². The molecular weight excluding hydrogens is 518 g/mol. The molecular formula is C24H23N5O4S3. The number of aryl methyl sites for hydroxylation is 1. The van der Waals surface area contributed by atoms with Crippen LogP contribution in [0, 0.1) is 6.92 Å². The van der Waals surface area contributed by atoms with Crippen LogP contribution in [0.1, 0.15) is 18.3 Å². The van der Waals surface area contributed by atoms with Crippen molar-refractivity contribution in [3.8, 4) is 26.9 Å². The van der Waals surface area contributed by atoms with Gasteiger partial charge >= 0.3 is 5.97 Å². The Balaban J connectivity index is 1.34. The van der Waals surface area contributed by atoms with Gasteiger partial charge in [0.05, 0.1) is 47.7 Å². The van der Waals surface area contributed by atoms with Crippen molar-refractivity contribution >= 4 is 51.4 Å². The van der Waals surface area contributed by atoms with E-state index in [0.717, 1.165) is 32.6 Å². The summed E-state index contributed by atoms with van der Waals surface area (Å²) in [5.41, 5.74) is 3.08. The van der Waals surface area contributed by atoms with Crippen LogP contribution in [0.4, 0.5) is 5.13 Å². The first-order valence-electron chi connectivity index (χ1n) is 10.9. The maximum absolute atomic E-state index is 12.3. The number of aromatic nitrogens is 4. The number of methoxy groups -OCH3 is 1. The van der Waals surface area contributed by atoms with E-state index < -0.39 is 0 Å². The zero-order valence-corrected chi connectivity index (χ0v) is 22.3. The van der Waals surface area contributed by atoms with Gasteiger partial charge in [-0.2, -0.15) is 0 Å². The summed E-state index contributed by atoms with van der Waals surface area (Å²) < 4.78 is 10.4. The highest BCUT2D eigenvalue weighted by Gasteiger charge is 2.16. The van der Waals surface area contributed by atoms with E-state index in [-0.39, 0.29) is 24.1 Å². The quantitative estimate of drug-likeness (QED) is 0.221. The number of thioether (sulfide) groups is 1. The second-order valence-electron chi connectivity index (χ2n) is 7.35. The number of anilines is 1. The van der Waals surface area contributed by atoms with E-state index in [9.17, 15) is 9.59 Å². The lowest BCUT2D eigenvalue weighted by Crippen LogP contribution is -2.14. The molecule has 0 saturated carbocycles. The number of amides is 1. The number of carbonyl (C=O) groups excluding carboxylic acids is 2.